The highest BCUT2D eigenvalue weighted by Gasteiger charge is 2.34. The maximum atomic E-state index is 13.4. The Morgan fingerprint density at radius 1 is 1.03 bits per heavy atom. The molecule has 1 atom stereocenters. The first-order chi connectivity index (χ1) is 18.3. The monoisotopic (exact) mass is 543 g/mol. The second kappa shape index (κ2) is 12.9. The van der Waals surface area contributed by atoms with Crippen LogP contribution in [0.2, 0.25) is 5.02 Å². The second-order valence-electron chi connectivity index (χ2n) is 9.14. The first-order valence-electron chi connectivity index (χ1n) is 12.3. The van der Waals surface area contributed by atoms with Gasteiger partial charge >= 0.3 is 6.18 Å². The lowest BCUT2D eigenvalue weighted by Crippen LogP contribution is -2.30. The summed E-state index contributed by atoms with van der Waals surface area (Å²) in [5, 5.41) is 11.4. The van der Waals surface area contributed by atoms with E-state index in [1.54, 1.807) is 6.07 Å². The van der Waals surface area contributed by atoms with Crippen LogP contribution in [0.15, 0.2) is 79.1 Å². The molecule has 0 amide bonds. The molecule has 10 heteroatoms. The number of nitrogens with zero attached hydrogens (tertiary/aromatic N) is 5. The summed E-state index contributed by atoms with van der Waals surface area (Å²) in [4.78, 5) is 3.62. The van der Waals surface area contributed by atoms with Gasteiger partial charge < -0.3 is 4.74 Å². The highest BCUT2D eigenvalue weighted by molar-refractivity contribution is 6.32. The zero-order valence-corrected chi connectivity index (χ0v) is 21.7. The molecule has 0 radical (unpaired) electrons. The molecule has 0 saturated heterocycles. The molecule has 3 aromatic carbocycles. The van der Waals surface area contributed by atoms with E-state index in [1.165, 1.54) is 22.8 Å². The molecule has 0 saturated carbocycles. The summed E-state index contributed by atoms with van der Waals surface area (Å²) in [7, 11) is 0. The van der Waals surface area contributed by atoms with Gasteiger partial charge in [-0.05, 0) is 52.4 Å². The smallest absolute Gasteiger partial charge is 0.417 e. The average Bonchev–Trinajstić information content (AvgIpc) is 3.41. The summed E-state index contributed by atoms with van der Waals surface area (Å²) in [6, 6.07) is 21.8. The minimum Gasteiger partial charge on any atom is -0.494 e. The number of ether oxygens (including phenoxy) is 1. The third-order valence-corrected chi connectivity index (χ3v) is 6.63. The van der Waals surface area contributed by atoms with Crippen LogP contribution in [0.1, 0.15) is 41.5 Å². The molecule has 0 spiro atoms. The van der Waals surface area contributed by atoms with Gasteiger partial charge in [-0.2, -0.15) is 18.0 Å². The minimum absolute atomic E-state index is 0.184. The largest absolute Gasteiger partial charge is 0.494 e. The van der Waals surface area contributed by atoms with Crippen LogP contribution in [-0.4, -0.2) is 44.8 Å². The lowest BCUT2D eigenvalue weighted by molar-refractivity contribution is -0.137. The molecule has 1 aromatic heterocycles. The van der Waals surface area contributed by atoms with Crippen LogP contribution in [-0.2, 0) is 19.3 Å². The third-order valence-electron chi connectivity index (χ3n) is 6.18. The fraction of sp³-hybridized carbons (Fsp3) is 0.321. The molecule has 4 aromatic rings. The third kappa shape index (κ3) is 7.79. The first-order valence-corrected chi connectivity index (χ1v) is 12.7. The Labute approximate surface area is 225 Å². The van der Waals surface area contributed by atoms with E-state index in [0.29, 0.717) is 44.8 Å². The number of hydrogen-bond donors (Lipinski definition) is 0. The predicted molar refractivity (Wildman–Crippen MR) is 140 cm³/mol. The van der Waals surface area contributed by atoms with E-state index in [4.69, 9.17) is 16.3 Å². The molecule has 1 heterocycles. The van der Waals surface area contributed by atoms with Crippen LogP contribution in [0.3, 0.4) is 0 Å². The second-order valence-corrected chi connectivity index (χ2v) is 9.52. The molecule has 0 aliphatic heterocycles. The predicted octanol–water partition coefficient (Wildman–Crippen LogP) is 6.47. The molecule has 0 aliphatic carbocycles. The molecule has 1 unspecified atom stereocenters. The van der Waals surface area contributed by atoms with Gasteiger partial charge in [0.1, 0.15) is 5.75 Å². The minimum atomic E-state index is -4.50. The van der Waals surface area contributed by atoms with Crippen molar-refractivity contribution in [2.45, 2.75) is 38.5 Å². The molecule has 200 valence electrons. The number of alkyl halides is 3. The quantitative estimate of drug-likeness (QED) is 0.192. The standard InChI is InChI=1S/C28H29ClF3N5O/c1-21(23-9-3-2-4-10-23)17-36(19-24-11-6-13-26(27(24)29)28(30,31)32)14-7-15-38-25-12-5-8-22(16-25)18-37-34-20-33-35-37/h2-6,8-13,16,20-21H,7,14-15,17-19H2,1H3. The first kappa shape index (κ1) is 27.6. The normalized spacial score (nSPS) is 12.6. The zero-order chi connectivity index (χ0) is 27.0. The Bertz CT molecular complexity index is 1290. The Hall–Kier alpha value is -3.43. The molecule has 4 rings (SSSR count). The average molecular weight is 544 g/mol. The Morgan fingerprint density at radius 3 is 2.55 bits per heavy atom. The fourth-order valence-corrected chi connectivity index (χ4v) is 4.60. The van der Waals surface area contributed by atoms with Crippen molar-refractivity contribution in [2.75, 3.05) is 19.7 Å². The van der Waals surface area contributed by atoms with E-state index in [-0.39, 0.29) is 10.9 Å². The van der Waals surface area contributed by atoms with Crippen molar-refractivity contribution in [2.24, 2.45) is 0 Å². The van der Waals surface area contributed by atoms with Gasteiger partial charge in [-0.1, -0.05) is 73.1 Å². The summed E-state index contributed by atoms with van der Waals surface area (Å²) in [5.41, 5.74) is 1.80. The molecule has 0 bridgehead atoms. The molecule has 0 N–H and O–H groups in total. The van der Waals surface area contributed by atoms with Crippen LogP contribution in [0.4, 0.5) is 13.2 Å². The van der Waals surface area contributed by atoms with Gasteiger partial charge in [0.05, 0.1) is 23.7 Å². The number of benzene rings is 3. The number of rotatable bonds is 12. The van der Waals surface area contributed by atoms with Gasteiger partial charge in [-0.3, -0.25) is 4.90 Å². The van der Waals surface area contributed by atoms with E-state index < -0.39 is 11.7 Å². The SMILES string of the molecule is CC(CN(CCCOc1cccc(Cn2ncnn2)c1)Cc1cccc(C(F)(F)F)c1Cl)c1ccccc1. The van der Waals surface area contributed by atoms with Crippen LogP contribution < -0.4 is 4.74 Å². The van der Waals surface area contributed by atoms with E-state index in [1.807, 2.05) is 42.5 Å². The van der Waals surface area contributed by atoms with E-state index >= 15 is 0 Å². The topological polar surface area (TPSA) is 56.1 Å². The Balaban J connectivity index is 1.40. The summed E-state index contributed by atoms with van der Waals surface area (Å²) in [6.45, 7) is 4.66. The van der Waals surface area contributed by atoms with E-state index in [2.05, 4.69) is 39.4 Å². The number of aromatic nitrogens is 4. The lowest BCUT2D eigenvalue weighted by atomic mass is 10.00. The van der Waals surface area contributed by atoms with Crippen molar-refractivity contribution in [3.05, 3.63) is 106 Å². The van der Waals surface area contributed by atoms with Gasteiger partial charge in [-0.25, -0.2) is 0 Å². The van der Waals surface area contributed by atoms with Gasteiger partial charge in [-0.15, -0.1) is 10.2 Å². The van der Waals surface area contributed by atoms with Crippen LogP contribution in [0.25, 0.3) is 0 Å². The van der Waals surface area contributed by atoms with Gasteiger partial charge in [0, 0.05) is 19.6 Å². The molecule has 0 aliphatic rings. The number of hydrogen-bond acceptors (Lipinski definition) is 5. The maximum Gasteiger partial charge on any atom is 0.417 e. The Kier molecular flexibility index (Phi) is 9.36. The maximum absolute atomic E-state index is 13.4. The van der Waals surface area contributed by atoms with Crippen molar-refractivity contribution in [1.29, 1.82) is 0 Å². The van der Waals surface area contributed by atoms with Crippen LogP contribution >= 0.6 is 11.6 Å². The van der Waals surface area contributed by atoms with Gasteiger partial charge in [0.15, 0.2) is 6.33 Å². The highest BCUT2D eigenvalue weighted by Crippen LogP contribution is 2.36. The van der Waals surface area contributed by atoms with Crippen molar-refractivity contribution in [3.63, 3.8) is 0 Å². The molecular formula is C28H29ClF3N5O. The fourth-order valence-electron chi connectivity index (χ4n) is 4.31. The lowest BCUT2D eigenvalue weighted by Gasteiger charge is -2.27. The zero-order valence-electron chi connectivity index (χ0n) is 21.0. The number of tetrazole rings is 1. The van der Waals surface area contributed by atoms with Crippen LogP contribution in [0, 0.1) is 0 Å². The number of halogens is 4. The van der Waals surface area contributed by atoms with Crippen molar-refractivity contribution >= 4 is 11.6 Å². The van der Waals surface area contributed by atoms with Gasteiger partial charge in [0.25, 0.3) is 0 Å². The Morgan fingerprint density at radius 2 is 1.82 bits per heavy atom. The van der Waals surface area contributed by atoms with Crippen molar-refractivity contribution in [3.8, 4) is 5.75 Å². The van der Waals surface area contributed by atoms with Crippen molar-refractivity contribution < 1.29 is 17.9 Å². The van der Waals surface area contributed by atoms with Crippen molar-refractivity contribution in [1.82, 2.24) is 25.1 Å². The summed E-state index contributed by atoms with van der Waals surface area (Å²) in [6.07, 6.45) is -2.42. The van der Waals surface area contributed by atoms with E-state index in [0.717, 1.165) is 17.4 Å². The summed E-state index contributed by atoms with van der Waals surface area (Å²) >= 11 is 6.21. The molecular weight excluding hydrogens is 515 g/mol. The molecule has 38 heavy (non-hydrogen) atoms. The van der Waals surface area contributed by atoms with E-state index in [9.17, 15) is 13.2 Å². The van der Waals surface area contributed by atoms with Crippen LogP contribution in [0.5, 0.6) is 5.75 Å². The highest BCUT2D eigenvalue weighted by atomic mass is 35.5. The molecule has 0 fully saturated rings. The van der Waals surface area contributed by atoms with Gasteiger partial charge in [0.2, 0.25) is 0 Å². The molecule has 6 nitrogen and oxygen atoms in total. The summed E-state index contributed by atoms with van der Waals surface area (Å²) < 4.78 is 46.2. The summed E-state index contributed by atoms with van der Waals surface area (Å²) in [5.74, 6) is 0.913.